The van der Waals surface area contributed by atoms with Crippen LogP contribution in [0, 0.1) is 0 Å². The fourth-order valence-corrected chi connectivity index (χ4v) is 8.24. The zero-order valence-corrected chi connectivity index (χ0v) is 28.9. The molecule has 0 saturated carbocycles. The summed E-state index contributed by atoms with van der Waals surface area (Å²) in [6.45, 7) is 14.8. The molecule has 4 aliphatic heterocycles. The van der Waals surface area contributed by atoms with E-state index in [1.165, 1.54) is 0 Å². The van der Waals surface area contributed by atoms with Gasteiger partial charge in [0.25, 0.3) is 6.71 Å². The highest BCUT2D eigenvalue weighted by Crippen LogP contribution is 2.38. The largest absolute Gasteiger partial charge is 0.458 e. The Morgan fingerprint density at radius 2 is 0.939 bits per heavy atom. The molecule has 6 nitrogen and oxygen atoms in total. The van der Waals surface area contributed by atoms with Gasteiger partial charge in [0.15, 0.2) is 0 Å². The molecule has 5 aromatic carbocycles. The van der Waals surface area contributed by atoms with E-state index in [4.69, 9.17) is 19.5 Å². The molecule has 5 aromatic rings. The Balaban J connectivity index is 1.04. The molecule has 7 heteroatoms. The van der Waals surface area contributed by atoms with Crippen molar-refractivity contribution in [3.05, 3.63) is 103 Å². The summed E-state index contributed by atoms with van der Waals surface area (Å²) in [6.07, 6.45) is 0. The van der Waals surface area contributed by atoms with E-state index in [-0.39, 0.29) is 17.8 Å². The van der Waals surface area contributed by atoms with Crippen molar-refractivity contribution in [2.75, 3.05) is 22.9 Å². The standard InChI is InChI=1S/C42H39BN4O2/c1-26-44-24-41(3,4)46(26)32-16-10-28(11-17-32)30-14-20-34-38(22-30)48-36-8-7-9-37-40(36)43(34)35-21-15-31(23-39(35)49-37)29-12-18-33(19-13-29)47-27(2)45-25-42(47,5)6/h7-23H,24-25H2,1-6H3. The van der Waals surface area contributed by atoms with E-state index in [0.717, 1.165) is 97.8 Å². The minimum atomic E-state index is -0.0252. The summed E-state index contributed by atoms with van der Waals surface area (Å²) in [6, 6.07) is 37.0. The van der Waals surface area contributed by atoms with Gasteiger partial charge in [-0.1, -0.05) is 54.6 Å². The van der Waals surface area contributed by atoms with Gasteiger partial charge in [0.2, 0.25) is 0 Å². The Kier molecular flexibility index (Phi) is 6.45. The van der Waals surface area contributed by atoms with Crippen molar-refractivity contribution < 1.29 is 9.47 Å². The Labute approximate surface area is 288 Å². The smallest absolute Gasteiger partial charge is 0.260 e. The molecule has 0 bridgehead atoms. The molecule has 0 fully saturated rings. The number of fused-ring (bicyclic) bond motifs is 4. The van der Waals surface area contributed by atoms with Crippen LogP contribution in [0.1, 0.15) is 41.5 Å². The molecule has 242 valence electrons. The van der Waals surface area contributed by atoms with E-state index in [0.29, 0.717) is 0 Å². The highest BCUT2D eigenvalue weighted by molar-refractivity contribution is 6.98. The summed E-state index contributed by atoms with van der Waals surface area (Å²) in [5, 5.41) is 0. The van der Waals surface area contributed by atoms with Crippen LogP contribution < -0.4 is 35.7 Å². The molecule has 0 spiro atoms. The van der Waals surface area contributed by atoms with Crippen molar-refractivity contribution in [2.45, 2.75) is 52.6 Å². The monoisotopic (exact) mass is 642 g/mol. The fourth-order valence-electron chi connectivity index (χ4n) is 8.24. The predicted octanol–water partition coefficient (Wildman–Crippen LogP) is 7.78. The maximum absolute atomic E-state index is 6.60. The number of anilines is 2. The summed E-state index contributed by atoms with van der Waals surface area (Å²) >= 11 is 0. The number of ether oxygens (including phenoxy) is 2. The fraction of sp³-hybridized carbons (Fsp3) is 0.238. The number of hydrogen-bond donors (Lipinski definition) is 0. The van der Waals surface area contributed by atoms with Crippen LogP contribution in [0.2, 0.25) is 0 Å². The molecule has 4 aliphatic rings. The maximum atomic E-state index is 6.60. The van der Waals surface area contributed by atoms with Crippen LogP contribution in [-0.2, 0) is 0 Å². The second-order valence-electron chi connectivity index (χ2n) is 14.9. The van der Waals surface area contributed by atoms with Gasteiger partial charge in [-0.05, 0) is 123 Å². The molecule has 0 N–H and O–H groups in total. The van der Waals surface area contributed by atoms with Gasteiger partial charge in [-0.15, -0.1) is 0 Å². The normalized spacial score (nSPS) is 17.8. The average molecular weight is 643 g/mol. The van der Waals surface area contributed by atoms with Crippen molar-refractivity contribution in [3.8, 4) is 45.3 Å². The zero-order valence-electron chi connectivity index (χ0n) is 28.9. The minimum Gasteiger partial charge on any atom is -0.458 e. The summed E-state index contributed by atoms with van der Waals surface area (Å²) in [7, 11) is 0. The molecule has 0 atom stereocenters. The molecule has 0 unspecified atom stereocenters. The van der Waals surface area contributed by atoms with E-state index in [2.05, 4.69) is 148 Å². The number of rotatable bonds is 4. The number of nitrogens with zero attached hydrogens (tertiary/aromatic N) is 4. The Morgan fingerprint density at radius 3 is 1.33 bits per heavy atom. The van der Waals surface area contributed by atoms with Crippen LogP contribution in [0.15, 0.2) is 113 Å². The average Bonchev–Trinajstić information content (AvgIpc) is 3.54. The second-order valence-corrected chi connectivity index (χ2v) is 14.9. The van der Waals surface area contributed by atoms with Gasteiger partial charge in [0.05, 0.1) is 24.2 Å². The zero-order chi connectivity index (χ0) is 33.7. The minimum absolute atomic E-state index is 0.0193. The molecule has 0 amide bonds. The van der Waals surface area contributed by atoms with Crippen LogP contribution in [-0.4, -0.2) is 42.6 Å². The lowest BCUT2D eigenvalue weighted by atomic mass is 9.35. The van der Waals surface area contributed by atoms with Crippen molar-refractivity contribution in [2.24, 2.45) is 9.98 Å². The molecule has 0 aliphatic carbocycles. The quantitative estimate of drug-likeness (QED) is 0.184. The van der Waals surface area contributed by atoms with Crippen LogP contribution in [0.4, 0.5) is 11.4 Å². The predicted molar refractivity (Wildman–Crippen MR) is 204 cm³/mol. The first-order valence-corrected chi connectivity index (χ1v) is 17.2. The molecule has 0 aromatic heterocycles. The van der Waals surface area contributed by atoms with Gasteiger partial charge in [-0.2, -0.15) is 0 Å². The maximum Gasteiger partial charge on any atom is 0.260 e. The van der Waals surface area contributed by atoms with Crippen molar-refractivity contribution in [1.82, 2.24) is 0 Å². The Hall–Kier alpha value is -5.30. The lowest BCUT2D eigenvalue weighted by Crippen LogP contribution is -2.57. The van der Waals surface area contributed by atoms with Gasteiger partial charge in [0, 0.05) is 16.8 Å². The summed E-state index contributed by atoms with van der Waals surface area (Å²) in [5.41, 5.74) is 10.2. The third kappa shape index (κ3) is 4.70. The van der Waals surface area contributed by atoms with Gasteiger partial charge in [-0.25, -0.2) is 0 Å². The highest BCUT2D eigenvalue weighted by Gasteiger charge is 2.40. The molecule has 0 radical (unpaired) electrons. The molecule has 9 rings (SSSR count). The highest BCUT2D eigenvalue weighted by atomic mass is 16.5. The van der Waals surface area contributed by atoms with Crippen molar-refractivity contribution in [1.29, 1.82) is 0 Å². The number of benzene rings is 5. The molecule has 49 heavy (non-hydrogen) atoms. The lowest BCUT2D eigenvalue weighted by Gasteiger charge is -2.34. The van der Waals surface area contributed by atoms with Crippen LogP contribution in [0.25, 0.3) is 22.3 Å². The topological polar surface area (TPSA) is 49.7 Å². The molecule has 4 heterocycles. The third-order valence-corrected chi connectivity index (χ3v) is 10.6. The third-order valence-electron chi connectivity index (χ3n) is 10.6. The number of hydrogen-bond acceptors (Lipinski definition) is 6. The van der Waals surface area contributed by atoms with Gasteiger partial charge < -0.3 is 19.3 Å². The van der Waals surface area contributed by atoms with Crippen molar-refractivity contribution >= 4 is 46.1 Å². The van der Waals surface area contributed by atoms with Gasteiger partial charge in [0.1, 0.15) is 34.7 Å². The van der Waals surface area contributed by atoms with Crippen LogP contribution in [0.3, 0.4) is 0 Å². The first-order chi connectivity index (χ1) is 23.6. The second kappa shape index (κ2) is 10.6. The van der Waals surface area contributed by atoms with E-state index in [9.17, 15) is 0 Å². The SMILES string of the molecule is CC1=NCC(C)(C)N1c1ccc(-c2ccc3c(c2)Oc2cccc4c2B3c2ccc(-c3ccc(N5C(C)=NCC5(C)C)cc3)cc2O4)cc1. The van der Waals surface area contributed by atoms with Crippen LogP contribution in [0.5, 0.6) is 23.0 Å². The summed E-state index contributed by atoms with van der Waals surface area (Å²) in [4.78, 5) is 14.0. The molecule has 0 saturated heterocycles. The first-order valence-electron chi connectivity index (χ1n) is 17.2. The van der Waals surface area contributed by atoms with Gasteiger partial charge in [-0.3, -0.25) is 9.98 Å². The van der Waals surface area contributed by atoms with E-state index in [1.807, 2.05) is 6.07 Å². The number of aliphatic imine (C=N–C) groups is 2. The van der Waals surface area contributed by atoms with Crippen molar-refractivity contribution in [3.63, 3.8) is 0 Å². The number of amidine groups is 2. The van der Waals surface area contributed by atoms with Crippen LogP contribution >= 0.6 is 0 Å². The Bertz CT molecular complexity index is 2070. The Morgan fingerprint density at radius 1 is 0.531 bits per heavy atom. The first kappa shape index (κ1) is 29.8. The summed E-state index contributed by atoms with van der Waals surface area (Å²) in [5.74, 6) is 5.59. The lowest BCUT2D eigenvalue weighted by molar-refractivity contribution is 0.464. The van der Waals surface area contributed by atoms with E-state index >= 15 is 0 Å². The molecular weight excluding hydrogens is 603 g/mol. The van der Waals surface area contributed by atoms with Gasteiger partial charge >= 0.3 is 0 Å². The van der Waals surface area contributed by atoms with E-state index < -0.39 is 0 Å². The van der Waals surface area contributed by atoms with E-state index in [1.54, 1.807) is 0 Å². The summed E-state index contributed by atoms with van der Waals surface area (Å²) < 4.78 is 13.2. The molecular formula is C42H39BN4O2.